The van der Waals surface area contributed by atoms with Crippen LogP contribution in [0.15, 0.2) is 17.1 Å². The van der Waals surface area contributed by atoms with Gasteiger partial charge >= 0.3 is 0 Å². The van der Waals surface area contributed by atoms with Gasteiger partial charge in [0.05, 0.1) is 6.20 Å². The Hall–Kier alpha value is -1.16. The summed E-state index contributed by atoms with van der Waals surface area (Å²) in [5, 5.41) is 4.05. The normalized spacial score (nSPS) is 10.4. The minimum atomic E-state index is -0.0160. The minimum Gasteiger partial charge on any atom is -0.330 e. The molecule has 1 aromatic heterocycles. The number of unbranched alkanes of at least 4 members (excludes halogenated alkanes) is 2. The molecule has 0 amide bonds. The lowest BCUT2D eigenvalue weighted by Crippen LogP contribution is -2.22. The molecule has 2 N–H and O–H groups in total. The molecular formula is C10H17N3O. The molecule has 1 heterocycles. The van der Waals surface area contributed by atoms with Gasteiger partial charge in [0, 0.05) is 12.6 Å². The van der Waals surface area contributed by atoms with Crippen LogP contribution in [0.4, 0.5) is 0 Å². The van der Waals surface area contributed by atoms with E-state index < -0.39 is 0 Å². The Morgan fingerprint density at radius 2 is 2.21 bits per heavy atom. The van der Waals surface area contributed by atoms with Gasteiger partial charge in [-0.25, -0.2) is 4.68 Å². The van der Waals surface area contributed by atoms with Crippen molar-refractivity contribution in [3.63, 3.8) is 0 Å². The van der Waals surface area contributed by atoms with Crippen LogP contribution in [0.25, 0.3) is 0 Å². The fourth-order valence-electron chi connectivity index (χ4n) is 1.27. The molecule has 0 fully saturated rings. The zero-order valence-electron chi connectivity index (χ0n) is 8.57. The average Bonchev–Trinajstić information content (AvgIpc) is 2.15. The fraction of sp³-hybridized carbons (Fsp3) is 0.600. The number of nitrogens with zero attached hydrogens (tertiary/aromatic N) is 2. The zero-order valence-corrected chi connectivity index (χ0v) is 8.57. The highest BCUT2D eigenvalue weighted by Gasteiger charge is 1.96. The van der Waals surface area contributed by atoms with Crippen molar-refractivity contribution < 1.29 is 0 Å². The summed E-state index contributed by atoms with van der Waals surface area (Å²) in [4.78, 5) is 11.4. The number of rotatable bonds is 5. The Balaban J connectivity index is 2.47. The second-order valence-corrected chi connectivity index (χ2v) is 3.44. The molecule has 0 aliphatic heterocycles. The molecule has 4 heteroatoms. The summed E-state index contributed by atoms with van der Waals surface area (Å²) in [5.41, 5.74) is 6.27. The molecule has 0 atom stereocenters. The van der Waals surface area contributed by atoms with Crippen LogP contribution in [-0.4, -0.2) is 16.3 Å². The van der Waals surface area contributed by atoms with E-state index in [2.05, 4.69) is 5.10 Å². The van der Waals surface area contributed by atoms with Gasteiger partial charge in [-0.15, -0.1) is 0 Å². The number of aryl methyl sites for hydroxylation is 2. The van der Waals surface area contributed by atoms with Gasteiger partial charge < -0.3 is 5.73 Å². The molecule has 1 rings (SSSR count). The quantitative estimate of drug-likeness (QED) is 0.703. The van der Waals surface area contributed by atoms with Crippen LogP contribution in [0.5, 0.6) is 0 Å². The number of nitrogens with two attached hydrogens (primary N) is 1. The van der Waals surface area contributed by atoms with Crippen molar-refractivity contribution in [1.82, 2.24) is 9.78 Å². The Morgan fingerprint density at radius 1 is 1.43 bits per heavy atom. The third kappa shape index (κ3) is 3.30. The lowest BCUT2D eigenvalue weighted by atomic mass is 10.2. The molecule has 0 aromatic carbocycles. The Morgan fingerprint density at radius 3 is 2.86 bits per heavy atom. The first-order chi connectivity index (χ1) is 6.74. The third-order valence-electron chi connectivity index (χ3n) is 2.08. The second kappa shape index (κ2) is 5.54. The summed E-state index contributed by atoms with van der Waals surface area (Å²) < 4.78 is 1.50. The molecular weight excluding hydrogens is 178 g/mol. The minimum absolute atomic E-state index is 0.0160. The fourth-order valence-corrected chi connectivity index (χ4v) is 1.27. The maximum Gasteiger partial charge on any atom is 0.266 e. The van der Waals surface area contributed by atoms with E-state index in [9.17, 15) is 4.79 Å². The highest BCUT2D eigenvalue weighted by atomic mass is 16.1. The lowest BCUT2D eigenvalue weighted by molar-refractivity contribution is 0.522. The molecule has 0 bridgehead atoms. The maximum absolute atomic E-state index is 11.4. The van der Waals surface area contributed by atoms with Crippen LogP contribution in [0.3, 0.4) is 0 Å². The Kier molecular flexibility index (Phi) is 4.32. The van der Waals surface area contributed by atoms with Gasteiger partial charge in [-0.3, -0.25) is 4.79 Å². The number of aromatic nitrogens is 2. The summed E-state index contributed by atoms with van der Waals surface area (Å²) >= 11 is 0. The SMILES string of the molecule is Cc1cnn(CCCCCN)c(=O)c1. The van der Waals surface area contributed by atoms with E-state index in [0.29, 0.717) is 6.54 Å². The van der Waals surface area contributed by atoms with Crippen molar-refractivity contribution in [2.45, 2.75) is 32.7 Å². The summed E-state index contributed by atoms with van der Waals surface area (Å²) in [6.45, 7) is 3.28. The van der Waals surface area contributed by atoms with Gasteiger partial charge in [0.1, 0.15) is 0 Å². The molecule has 0 saturated heterocycles. The van der Waals surface area contributed by atoms with Crippen LogP contribution in [0.1, 0.15) is 24.8 Å². The molecule has 0 aliphatic carbocycles. The predicted octanol–water partition coefficient (Wildman–Crippen LogP) is 0.681. The monoisotopic (exact) mass is 195 g/mol. The van der Waals surface area contributed by atoms with Crippen molar-refractivity contribution in [2.75, 3.05) is 6.54 Å². The highest BCUT2D eigenvalue weighted by molar-refractivity contribution is 5.02. The van der Waals surface area contributed by atoms with Gasteiger partial charge in [0.15, 0.2) is 0 Å². The molecule has 0 unspecified atom stereocenters. The predicted molar refractivity (Wildman–Crippen MR) is 56.1 cm³/mol. The van der Waals surface area contributed by atoms with Crippen LogP contribution in [0, 0.1) is 6.92 Å². The zero-order chi connectivity index (χ0) is 10.4. The third-order valence-corrected chi connectivity index (χ3v) is 2.08. The van der Waals surface area contributed by atoms with Crippen LogP contribution >= 0.6 is 0 Å². The topological polar surface area (TPSA) is 60.9 Å². The van der Waals surface area contributed by atoms with E-state index in [1.807, 2.05) is 6.92 Å². The molecule has 0 saturated carbocycles. The van der Waals surface area contributed by atoms with E-state index >= 15 is 0 Å². The van der Waals surface area contributed by atoms with Crippen molar-refractivity contribution >= 4 is 0 Å². The summed E-state index contributed by atoms with van der Waals surface area (Å²) in [6, 6.07) is 1.61. The van der Waals surface area contributed by atoms with E-state index in [1.54, 1.807) is 12.3 Å². The van der Waals surface area contributed by atoms with Crippen LogP contribution in [0.2, 0.25) is 0 Å². The van der Waals surface area contributed by atoms with Gasteiger partial charge in [0.25, 0.3) is 5.56 Å². The van der Waals surface area contributed by atoms with Crippen molar-refractivity contribution in [3.8, 4) is 0 Å². The van der Waals surface area contributed by atoms with Crippen LogP contribution < -0.4 is 11.3 Å². The number of hydrogen-bond acceptors (Lipinski definition) is 3. The van der Waals surface area contributed by atoms with E-state index in [0.717, 1.165) is 31.4 Å². The van der Waals surface area contributed by atoms with Gasteiger partial charge in [-0.2, -0.15) is 5.10 Å². The van der Waals surface area contributed by atoms with Gasteiger partial charge in [-0.05, 0) is 31.9 Å². The Bertz CT molecular complexity index is 332. The molecule has 0 radical (unpaired) electrons. The first-order valence-electron chi connectivity index (χ1n) is 4.98. The standard InChI is InChI=1S/C10H17N3O/c1-9-7-10(14)13(12-8-9)6-4-2-3-5-11/h7-8H,2-6,11H2,1H3. The maximum atomic E-state index is 11.4. The van der Waals surface area contributed by atoms with Crippen molar-refractivity contribution in [3.05, 3.63) is 28.2 Å². The summed E-state index contributed by atoms with van der Waals surface area (Å²) in [7, 11) is 0. The Labute approximate surface area is 83.7 Å². The van der Waals surface area contributed by atoms with Crippen molar-refractivity contribution in [2.24, 2.45) is 5.73 Å². The van der Waals surface area contributed by atoms with E-state index in [-0.39, 0.29) is 5.56 Å². The second-order valence-electron chi connectivity index (χ2n) is 3.44. The summed E-state index contributed by atoms with van der Waals surface area (Å²) in [6.07, 6.45) is 4.75. The van der Waals surface area contributed by atoms with Crippen molar-refractivity contribution in [1.29, 1.82) is 0 Å². The largest absolute Gasteiger partial charge is 0.330 e. The molecule has 1 aromatic rings. The number of hydrogen-bond donors (Lipinski definition) is 1. The van der Waals surface area contributed by atoms with Gasteiger partial charge in [0.2, 0.25) is 0 Å². The molecule has 4 nitrogen and oxygen atoms in total. The van der Waals surface area contributed by atoms with E-state index in [1.165, 1.54) is 4.68 Å². The first-order valence-corrected chi connectivity index (χ1v) is 4.98. The highest BCUT2D eigenvalue weighted by Crippen LogP contribution is 1.95. The summed E-state index contributed by atoms with van der Waals surface area (Å²) in [5.74, 6) is 0. The average molecular weight is 195 g/mol. The molecule has 78 valence electrons. The lowest BCUT2D eigenvalue weighted by Gasteiger charge is -2.03. The van der Waals surface area contributed by atoms with Gasteiger partial charge in [-0.1, -0.05) is 6.42 Å². The molecule has 0 aliphatic rings. The molecule has 14 heavy (non-hydrogen) atoms. The molecule has 0 spiro atoms. The smallest absolute Gasteiger partial charge is 0.266 e. The van der Waals surface area contributed by atoms with E-state index in [4.69, 9.17) is 5.73 Å². The van der Waals surface area contributed by atoms with Crippen LogP contribution in [-0.2, 0) is 6.54 Å². The first kappa shape index (κ1) is 10.9.